The Bertz CT molecular complexity index is 542. The molecular weight excluding hydrogens is 300 g/mol. The van der Waals surface area contributed by atoms with Crippen LogP contribution >= 0.6 is 0 Å². The zero-order valence-corrected chi connectivity index (χ0v) is 16.0. The normalized spacial score (nSPS) is 17.8. The highest BCUT2D eigenvalue weighted by Gasteiger charge is 2.14. The number of aliphatic imine (C=N–C) groups is 1. The van der Waals surface area contributed by atoms with E-state index in [2.05, 4.69) is 46.4 Å². The monoisotopic (exact) mass is 334 g/mol. The van der Waals surface area contributed by atoms with Gasteiger partial charge in [0, 0.05) is 45.0 Å². The molecule has 0 saturated carbocycles. The first-order valence-electron chi connectivity index (χ1n) is 9.17. The Morgan fingerprint density at radius 3 is 2.50 bits per heavy atom. The number of hydrogen-bond donors (Lipinski definition) is 2. The number of rotatable bonds is 6. The second kappa shape index (κ2) is 9.06. The van der Waals surface area contributed by atoms with Gasteiger partial charge in [0.05, 0.1) is 5.69 Å². The molecule has 1 unspecified atom stereocenters. The van der Waals surface area contributed by atoms with Gasteiger partial charge < -0.3 is 15.5 Å². The highest BCUT2D eigenvalue weighted by Crippen LogP contribution is 2.12. The first-order chi connectivity index (χ1) is 11.5. The molecule has 1 aromatic rings. The van der Waals surface area contributed by atoms with Crippen molar-refractivity contribution < 1.29 is 0 Å². The lowest BCUT2D eigenvalue weighted by molar-refractivity contribution is 0.201. The van der Waals surface area contributed by atoms with Crippen LogP contribution in [-0.4, -0.2) is 53.9 Å². The van der Waals surface area contributed by atoms with Crippen LogP contribution in [0.15, 0.2) is 4.99 Å². The molecule has 0 amide bonds. The number of nitrogens with one attached hydrogen (secondary N) is 2. The zero-order chi connectivity index (χ0) is 17.5. The molecule has 0 aliphatic carbocycles. The van der Waals surface area contributed by atoms with E-state index in [0.29, 0.717) is 5.92 Å². The van der Waals surface area contributed by atoms with Gasteiger partial charge in [-0.1, -0.05) is 13.3 Å². The molecular formula is C18H34N6. The number of guanidine groups is 1. The highest BCUT2D eigenvalue weighted by molar-refractivity contribution is 5.79. The zero-order valence-electron chi connectivity index (χ0n) is 16.0. The molecule has 2 rings (SSSR count). The van der Waals surface area contributed by atoms with Crippen LogP contribution in [-0.2, 0) is 13.6 Å². The molecule has 1 aliphatic rings. The van der Waals surface area contributed by atoms with Crippen molar-refractivity contribution in [1.29, 1.82) is 0 Å². The molecule has 0 aromatic carbocycles. The summed E-state index contributed by atoms with van der Waals surface area (Å²) in [4.78, 5) is 6.93. The van der Waals surface area contributed by atoms with Crippen molar-refractivity contribution in [2.45, 2.75) is 46.6 Å². The minimum absolute atomic E-state index is 0.614. The van der Waals surface area contributed by atoms with E-state index in [1.165, 1.54) is 50.2 Å². The fourth-order valence-corrected chi connectivity index (χ4v) is 3.38. The molecule has 1 fully saturated rings. The van der Waals surface area contributed by atoms with E-state index >= 15 is 0 Å². The average molecular weight is 335 g/mol. The van der Waals surface area contributed by atoms with Crippen LogP contribution in [0, 0.1) is 19.8 Å². The molecule has 1 aromatic heterocycles. The lowest BCUT2D eigenvalue weighted by atomic mass is 10.1. The molecule has 2 N–H and O–H groups in total. The third kappa shape index (κ3) is 5.23. The Morgan fingerprint density at radius 1 is 1.21 bits per heavy atom. The highest BCUT2D eigenvalue weighted by atomic mass is 15.3. The van der Waals surface area contributed by atoms with Crippen LogP contribution in [0.5, 0.6) is 0 Å². The molecule has 0 bridgehead atoms. The Kier molecular flexibility index (Phi) is 7.09. The van der Waals surface area contributed by atoms with Gasteiger partial charge in [0.2, 0.25) is 0 Å². The van der Waals surface area contributed by atoms with Crippen molar-refractivity contribution in [3.05, 3.63) is 17.0 Å². The van der Waals surface area contributed by atoms with Crippen LogP contribution in [0.3, 0.4) is 0 Å². The molecule has 0 spiro atoms. The average Bonchev–Trinajstić information content (AvgIpc) is 2.81. The topological polar surface area (TPSA) is 57.5 Å². The summed E-state index contributed by atoms with van der Waals surface area (Å²) in [7, 11) is 3.81. The first-order valence-corrected chi connectivity index (χ1v) is 9.17. The predicted octanol–water partition coefficient (Wildman–Crippen LogP) is 1.82. The van der Waals surface area contributed by atoms with Gasteiger partial charge in [-0.15, -0.1) is 0 Å². The molecule has 0 radical (unpaired) electrons. The Morgan fingerprint density at radius 2 is 1.92 bits per heavy atom. The number of aryl methyl sites for hydroxylation is 2. The maximum atomic E-state index is 4.46. The smallest absolute Gasteiger partial charge is 0.191 e. The first kappa shape index (κ1) is 18.8. The summed E-state index contributed by atoms with van der Waals surface area (Å²) < 4.78 is 1.93. The number of likely N-dealkylation sites (tertiary alicyclic amines) is 1. The molecule has 1 atom stereocenters. The van der Waals surface area contributed by atoms with Crippen molar-refractivity contribution >= 4 is 5.96 Å². The van der Waals surface area contributed by atoms with Gasteiger partial charge in [-0.25, -0.2) is 0 Å². The summed E-state index contributed by atoms with van der Waals surface area (Å²) in [5.41, 5.74) is 3.53. The van der Waals surface area contributed by atoms with Gasteiger partial charge in [0.15, 0.2) is 5.96 Å². The molecule has 2 heterocycles. The van der Waals surface area contributed by atoms with Crippen LogP contribution in [0.1, 0.15) is 43.1 Å². The Labute approximate surface area is 146 Å². The van der Waals surface area contributed by atoms with E-state index in [1.807, 2.05) is 18.8 Å². The van der Waals surface area contributed by atoms with Crippen molar-refractivity contribution in [3.8, 4) is 0 Å². The number of piperidine rings is 1. The summed E-state index contributed by atoms with van der Waals surface area (Å²) >= 11 is 0. The van der Waals surface area contributed by atoms with Crippen LogP contribution in [0.25, 0.3) is 0 Å². The van der Waals surface area contributed by atoms with E-state index < -0.39 is 0 Å². The molecule has 6 nitrogen and oxygen atoms in total. The second-order valence-corrected chi connectivity index (χ2v) is 7.05. The summed E-state index contributed by atoms with van der Waals surface area (Å²) in [5, 5.41) is 11.3. The number of nitrogens with zero attached hydrogens (tertiary/aromatic N) is 4. The maximum Gasteiger partial charge on any atom is 0.191 e. The van der Waals surface area contributed by atoms with Crippen molar-refractivity contribution in [2.24, 2.45) is 18.0 Å². The third-order valence-corrected chi connectivity index (χ3v) is 4.95. The van der Waals surface area contributed by atoms with Crippen molar-refractivity contribution in [3.63, 3.8) is 0 Å². The maximum absolute atomic E-state index is 4.46. The molecule has 6 heteroatoms. The Hall–Kier alpha value is -1.56. The van der Waals surface area contributed by atoms with E-state index in [4.69, 9.17) is 0 Å². The van der Waals surface area contributed by atoms with Gasteiger partial charge in [-0.2, -0.15) is 5.10 Å². The largest absolute Gasteiger partial charge is 0.356 e. The van der Waals surface area contributed by atoms with Gasteiger partial charge >= 0.3 is 0 Å². The van der Waals surface area contributed by atoms with E-state index in [1.54, 1.807) is 0 Å². The van der Waals surface area contributed by atoms with Crippen LogP contribution in [0.2, 0.25) is 0 Å². The molecule has 1 saturated heterocycles. The summed E-state index contributed by atoms with van der Waals surface area (Å²) in [5.74, 6) is 1.48. The van der Waals surface area contributed by atoms with Gasteiger partial charge in [0.1, 0.15) is 0 Å². The third-order valence-electron chi connectivity index (χ3n) is 4.95. The second-order valence-electron chi connectivity index (χ2n) is 7.05. The van der Waals surface area contributed by atoms with Gasteiger partial charge in [-0.3, -0.25) is 9.67 Å². The molecule has 24 heavy (non-hydrogen) atoms. The lowest BCUT2D eigenvalue weighted by Crippen LogP contribution is -2.42. The van der Waals surface area contributed by atoms with E-state index in [9.17, 15) is 0 Å². The van der Waals surface area contributed by atoms with E-state index in [0.717, 1.165) is 24.7 Å². The van der Waals surface area contributed by atoms with Crippen LogP contribution < -0.4 is 10.6 Å². The predicted molar refractivity (Wildman–Crippen MR) is 100 cm³/mol. The Balaban J connectivity index is 1.75. The number of aromatic nitrogens is 2. The van der Waals surface area contributed by atoms with E-state index in [-0.39, 0.29) is 0 Å². The van der Waals surface area contributed by atoms with Gasteiger partial charge in [0.25, 0.3) is 0 Å². The summed E-state index contributed by atoms with van der Waals surface area (Å²) in [6, 6.07) is 0. The van der Waals surface area contributed by atoms with Crippen LogP contribution in [0.4, 0.5) is 0 Å². The SMILES string of the molecule is CN=C(NCc1c(C)nn(C)c1C)NCC(C)CN1CCCCC1. The summed E-state index contributed by atoms with van der Waals surface area (Å²) in [6.07, 6.45) is 4.10. The quantitative estimate of drug-likeness (QED) is 0.615. The minimum Gasteiger partial charge on any atom is -0.356 e. The van der Waals surface area contributed by atoms with Gasteiger partial charge in [-0.05, 0) is 45.7 Å². The standard InChI is InChI=1S/C18H34N6/c1-14(13-24-9-7-6-8-10-24)11-20-18(19-4)21-12-17-15(2)22-23(5)16(17)3/h14H,6-13H2,1-5H3,(H2,19,20,21). The molecule has 136 valence electrons. The summed E-state index contributed by atoms with van der Waals surface area (Å²) in [6.45, 7) is 11.9. The van der Waals surface area contributed by atoms with Crippen molar-refractivity contribution in [1.82, 2.24) is 25.3 Å². The fraction of sp³-hybridized carbons (Fsp3) is 0.778. The minimum atomic E-state index is 0.614. The fourth-order valence-electron chi connectivity index (χ4n) is 3.38. The molecule has 1 aliphatic heterocycles. The lowest BCUT2D eigenvalue weighted by Gasteiger charge is -2.29. The number of hydrogen-bond acceptors (Lipinski definition) is 3. The van der Waals surface area contributed by atoms with Crippen molar-refractivity contribution in [2.75, 3.05) is 33.2 Å².